The van der Waals surface area contributed by atoms with Crippen LogP contribution in [0.4, 0.5) is 0 Å². The third-order valence-corrected chi connectivity index (χ3v) is 3.58. The fraction of sp³-hybridized carbons (Fsp3) is 0.533. The maximum absolute atomic E-state index is 12.2. The molecule has 0 saturated carbocycles. The van der Waals surface area contributed by atoms with E-state index in [1.807, 2.05) is 24.8 Å². The summed E-state index contributed by atoms with van der Waals surface area (Å²) < 4.78 is 5.40. The first-order valence-electron chi connectivity index (χ1n) is 6.53. The molecule has 1 fully saturated rings. The molecular formula is C15H21NO2. The standard InChI is InChI=1S/C15H21NO2/c1-11-8-12(2)13(14(9-11)18-3)10-15(17)16-6-4-5-7-16/h8-9H,4-7,10H2,1-3H3. The Morgan fingerprint density at radius 3 is 2.56 bits per heavy atom. The second-order valence-corrected chi connectivity index (χ2v) is 5.03. The van der Waals surface area contributed by atoms with Crippen LogP contribution >= 0.6 is 0 Å². The monoisotopic (exact) mass is 247 g/mol. The number of ether oxygens (including phenoxy) is 1. The highest BCUT2D eigenvalue weighted by atomic mass is 16.5. The number of amides is 1. The first-order valence-corrected chi connectivity index (χ1v) is 6.53. The molecule has 3 heteroatoms. The number of nitrogens with zero attached hydrogens (tertiary/aromatic N) is 1. The van der Waals surface area contributed by atoms with E-state index >= 15 is 0 Å². The minimum atomic E-state index is 0.220. The Balaban J connectivity index is 2.19. The largest absolute Gasteiger partial charge is 0.496 e. The van der Waals surface area contributed by atoms with Crippen LogP contribution < -0.4 is 4.74 Å². The van der Waals surface area contributed by atoms with Gasteiger partial charge in [0.2, 0.25) is 5.91 Å². The summed E-state index contributed by atoms with van der Waals surface area (Å²) in [6.07, 6.45) is 2.72. The summed E-state index contributed by atoms with van der Waals surface area (Å²) in [7, 11) is 1.66. The summed E-state index contributed by atoms with van der Waals surface area (Å²) in [5.74, 6) is 1.05. The van der Waals surface area contributed by atoms with Crippen LogP contribution in [0.25, 0.3) is 0 Å². The van der Waals surface area contributed by atoms with E-state index in [1.54, 1.807) is 7.11 Å². The lowest BCUT2D eigenvalue weighted by Crippen LogP contribution is -2.29. The molecule has 1 aromatic carbocycles. The molecule has 1 aliphatic rings. The Labute approximate surface area is 109 Å². The number of likely N-dealkylation sites (tertiary alicyclic amines) is 1. The molecule has 2 rings (SSSR count). The predicted molar refractivity (Wildman–Crippen MR) is 72.0 cm³/mol. The SMILES string of the molecule is COc1cc(C)cc(C)c1CC(=O)N1CCCC1. The van der Waals surface area contributed by atoms with E-state index in [0.29, 0.717) is 6.42 Å². The van der Waals surface area contributed by atoms with Crippen molar-refractivity contribution in [2.75, 3.05) is 20.2 Å². The summed E-state index contributed by atoms with van der Waals surface area (Å²) in [5, 5.41) is 0. The van der Waals surface area contributed by atoms with Crippen LogP contribution in [0, 0.1) is 13.8 Å². The average Bonchev–Trinajstić information content (AvgIpc) is 2.85. The third kappa shape index (κ3) is 2.66. The van der Waals surface area contributed by atoms with Crippen molar-refractivity contribution in [2.24, 2.45) is 0 Å². The average molecular weight is 247 g/mol. The first-order chi connectivity index (χ1) is 8.61. The van der Waals surface area contributed by atoms with Gasteiger partial charge in [-0.1, -0.05) is 6.07 Å². The van der Waals surface area contributed by atoms with Gasteiger partial charge in [0.1, 0.15) is 5.75 Å². The van der Waals surface area contributed by atoms with Crippen molar-refractivity contribution in [3.63, 3.8) is 0 Å². The summed E-state index contributed by atoms with van der Waals surface area (Å²) >= 11 is 0. The van der Waals surface area contributed by atoms with Gasteiger partial charge in [-0.25, -0.2) is 0 Å². The van der Waals surface area contributed by atoms with Crippen molar-refractivity contribution in [3.8, 4) is 5.75 Å². The van der Waals surface area contributed by atoms with Crippen molar-refractivity contribution in [1.29, 1.82) is 0 Å². The zero-order valence-corrected chi connectivity index (χ0v) is 11.5. The second-order valence-electron chi connectivity index (χ2n) is 5.03. The van der Waals surface area contributed by atoms with E-state index < -0.39 is 0 Å². The molecule has 18 heavy (non-hydrogen) atoms. The summed E-state index contributed by atoms with van der Waals surface area (Å²) in [6.45, 7) is 5.90. The third-order valence-electron chi connectivity index (χ3n) is 3.58. The molecule has 3 nitrogen and oxygen atoms in total. The van der Waals surface area contributed by atoms with Gasteiger partial charge in [0.15, 0.2) is 0 Å². The highest BCUT2D eigenvalue weighted by molar-refractivity contribution is 5.80. The Bertz CT molecular complexity index is 448. The molecule has 0 N–H and O–H groups in total. The quantitative estimate of drug-likeness (QED) is 0.821. The molecule has 0 aromatic heterocycles. The molecule has 0 atom stereocenters. The minimum absolute atomic E-state index is 0.220. The van der Waals surface area contributed by atoms with Crippen LogP contribution in [0.2, 0.25) is 0 Å². The lowest BCUT2D eigenvalue weighted by atomic mass is 10.0. The van der Waals surface area contributed by atoms with E-state index in [9.17, 15) is 4.79 Å². The summed E-state index contributed by atoms with van der Waals surface area (Å²) in [6, 6.07) is 4.11. The van der Waals surface area contributed by atoms with Crippen LogP contribution in [0.3, 0.4) is 0 Å². The molecule has 0 unspecified atom stereocenters. The van der Waals surface area contributed by atoms with Gasteiger partial charge in [-0.05, 0) is 43.9 Å². The topological polar surface area (TPSA) is 29.5 Å². The van der Waals surface area contributed by atoms with Crippen molar-refractivity contribution in [2.45, 2.75) is 33.1 Å². The Morgan fingerprint density at radius 2 is 1.94 bits per heavy atom. The van der Waals surface area contributed by atoms with Gasteiger partial charge in [0.25, 0.3) is 0 Å². The van der Waals surface area contributed by atoms with Gasteiger partial charge in [0, 0.05) is 18.7 Å². The molecule has 1 amide bonds. The van der Waals surface area contributed by atoms with Gasteiger partial charge in [-0.15, -0.1) is 0 Å². The van der Waals surface area contributed by atoms with E-state index in [0.717, 1.165) is 42.8 Å². The number of hydrogen-bond donors (Lipinski definition) is 0. The number of rotatable bonds is 3. The smallest absolute Gasteiger partial charge is 0.227 e. The molecule has 0 radical (unpaired) electrons. The molecule has 1 aromatic rings. The van der Waals surface area contributed by atoms with Gasteiger partial charge < -0.3 is 9.64 Å². The van der Waals surface area contributed by atoms with Crippen LogP contribution in [-0.4, -0.2) is 31.0 Å². The molecule has 1 heterocycles. The molecule has 98 valence electrons. The number of aryl methyl sites for hydroxylation is 2. The molecule has 1 saturated heterocycles. The van der Waals surface area contributed by atoms with Gasteiger partial charge >= 0.3 is 0 Å². The van der Waals surface area contributed by atoms with E-state index in [4.69, 9.17) is 4.74 Å². The van der Waals surface area contributed by atoms with Gasteiger partial charge in [0.05, 0.1) is 13.5 Å². The number of hydrogen-bond acceptors (Lipinski definition) is 2. The molecule has 0 spiro atoms. The normalized spacial score (nSPS) is 14.9. The van der Waals surface area contributed by atoms with Gasteiger partial charge in [-0.3, -0.25) is 4.79 Å². The number of benzene rings is 1. The van der Waals surface area contributed by atoms with E-state index in [1.165, 1.54) is 5.56 Å². The number of carbonyl (C=O) groups excluding carboxylic acids is 1. The Kier molecular flexibility index (Phi) is 3.90. The zero-order chi connectivity index (χ0) is 13.1. The van der Waals surface area contributed by atoms with E-state index in [-0.39, 0.29) is 5.91 Å². The highest BCUT2D eigenvalue weighted by Crippen LogP contribution is 2.25. The second kappa shape index (κ2) is 5.42. The maximum atomic E-state index is 12.2. The lowest BCUT2D eigenvalue weighted by Gasteiger charge is -2.18. The van der Waals surface area contributed by atoms with Crippen LogP contribution in [0.1, 0.15) is 29.5 Å². The van der Waals surface area contributed by atoms with Gasteiger partial charge in [-0.2, -0.15) is 0 Å². The van der Waals surface area contributed by atoms with E-state index in [2.05, 4.69) is 6.07 Å². The van der Waals surface area contributed by atoms with Crippen molar-refractivity contribution in [1.82, 2.24) is 4.90 Å². The summed E-state index contributed by atoms with van der Waals surface area (Å²) in [5.41, 5.74) is 3.33. The predicted octanol–water partition coefficient (Wildman–Crippen LogP) is 2.48. The highest BCUT2D eigenvalue weighted by Gasteiger charge is 2.20. The number of carbonyl (C=O) groups is 1. The van der Waals surface area contributed by atoms with Crippen LogP contribution in [-0.2, 0) is 11.2 Å². The zero-order valence-electron chi connectivity index (χ0n) is 11.5. The first kappa shape index (κ1) is 12.9. The fourth-order valence-corrected chi connectivity index (χ4v) is 2.60. The van der Waals surface area contributed by atoms with Crippen molar-refractivity contribution in [3.05, 3.63) is 28.8 Å². The minimum Gasteiger partial charge on any atom is -0.496 e. The molecule has 1 aliphatic heterocycles. The molecule has 0 bridgehead atoms. The Hall–Kier alpha value is -1.51. The van der Waals surface area contributed by atoms with Crippen molar-refractivity contribution >= 4 is 5.91 Å². The molecular weight excluding hydrogens is 226 g/mol. The number of methoxy groups -OCH3 is 1. The lowest BCUT2D eigenvalue weighted by molar-refractivity contribution is -0.129. The summed E-state index contributed by atoms with van der Waals surface area (Å²) in [4.78, 5) is 14.1. The fourth-order valence-electron chi connectivity index (χ4n) is 2.60. The Morgan fingerprint density at radius 1 is 1.28 bits per heavy atom. The maximum Gasteiger partial charge on any atom is 0.227 e. The van der Waals surface area contributed by atoms with Crippen molar-refractivity contribution < 1.29 is 9.53 Å². The van der Waals surface area contributed by atoms with Crippen LogP contribution in [0.5, 0.6) is 5.75 Å². The molecule has 0 aliphatic carbocycles. The van der Waals surface area contributed by atoms with Crippen LogP contribution in [0.15, 0.2) is 12.1 Å².